The van der Waals surface area contributed by atoms with Gasteiger partial charge in [-0.1, -0.05) is 29.3 Å². The Bertz CT molecular complexity index is 572. The van der Waals surface area contributed by atoms with Crippen LogP contribution in [0.25, 0.3) is 0 Å². The van der Waals surface area contributed by atoms with Crippen LogP contribution >= 0.6 is 11.6 Å². The first-order valence-electron chi connectivity index (χ1n) is 6.19. The molecule has 0 atom stereocenters. The number of carbonyl (C=O) groups excluding carboxylic acids is 1. The lowest BCUT2D eigenvalue weighted by molar-refractivity contribution is -0.385. The zero-order chi connectivity index (χ0) is 14.5. The third-order valence-corrected chi connectivity index (χ3v) is 3.36. The number of hydrogen-bond donors (Lipinski definition) is 2. The molecule has 2 rings (SSSR count). The van der Waals surface area contributed by atoms with Gasteiger partial charge in [0.05, 0.1) is 9.95 Å². The van der Waals surface area contributed by atoms with Crippen molar-refractivity contribution in [2.75, 3.05) is 19.6 Å². The van der Waals surface area contributed by atoms with Gasteiger partial charge in [-0.3, -0.25) is 14.9 Å². The van der Waals surface area contributed by atoms with E-state index in [1.54, 1.807) is 0 Å². The molecule has 0 saturated heterocycles. The number of nitro groups is 1. The molecule has 0 fully saturated rings. The highest BCUT2D eigenvalue weighted by Crippen LogP contribution is 2.26. The van der Waals surface area contributed by atoms with E-state index in [9.17, 15) is 14.9 Å². The second-order valence-electron chi connectivity index (χ2n) is 4.39. The molecular weight excluding hydrogens is 282 g/mol. The van der Waals surface area contributed by atoms with E-state index in [0.29, 0.717) is 6.54 Å². The van der Waals surface area contributed by atoms with Crippen molar-refractivity contribution >= 4 is 23.2 Å². The first kappa shape index (κ1) is 14.5. The van der Waals surface area contributed by atoms with Crippen LogP contribution in [0.15, 0.2) is 29.8 Å². The monoisotopic (exact) mass is 295 g/mol. The van der Waals surface area contributed by atoms with E-state index >= 15 is 0 Å². The first-order chi connectivity index (χ1) is 9.59. The Hall–Kier alpha value is -1.92. The minimum atomic E-state index is -0.607. The summed E-state index contributed by atoms with van der Waals surface area (Å²) >= 11 is 5.90. The molecule has 1 aliphatic rings. The number of nitro benzene ring substituents is 1. The van der Waals surface area contributed by atoms with Crippen LogP contribution in [0, 0.1) is 10.1 Å². The summed E-state index contributed by atoms with van der Waals surface area (Å²) in [5.41, 5.74) is 0.731. The molecule has 0 aromatic heterocycles. The van der Waals surface area contributed by atoms with Crippen molar-refractivity contribution in [1.29, 1.82) is 0 Å². The molecule has 0 unspecified atom stereocenters. The maximum atomic E-state index is 12.1. The highest BCUT2D eigenvalue weighted by atomic mass is 35.5. The highest BCUT2D eigenvalue weighted by molar-refractivity contribution is 6.34. The molecule has 106 valence electrons. The fourth-order valence-electron chi connectivity index (χ4n) is 2.00. The van der Waals surface area contributed by atoms with Gasteiger partial charge in [0.15, 0.2) is 0 Å². The Morgan fingerprint density at radius 1 is 1.50 bits per heavy atom. The number of carbonyl (C=O) groups is 1. The fraction of sp³-hybridized carbons (Fsp3) is 0.308. The van der Waals surface area contributed by atoms with Crippen LogP contribution in [0.2, 0.25) is 5.02 Å². The van der Waals surface area contributed by atoms with Crippen molar-refractivity contribution in [3.05, 3.63) is 50.5 Å². The van der Waals surface area contributed by atoms with Gasteiger partial charge in [-0.25, -0.2) is 0 Å². The topological polar surface area (TPSA) is 84.3 Å². The Balaban J connectivity index is 2.13. The molecular formula is C13H14ClN3O3. The third-order valence-electron chi connectivity index (χ3n) is 3.05. The summed E-state index contributed by atoms with van der Waals surface area (Å²) in [5.74, 6) is -0.526. The van der Waals surface area contributed by atoms with Crippen LogP contribution in [-0.2, 0) is 0 Å². The molecule has 0 bridgehead atoms. The predicted molar refractivity (Wildman–Crippen MR) is 76.0 cm³/mol. The quantitative estimate of drug-likeness (QED) is 0.505. The molecule has 1 aromatic rings. The van der Waals surface area contributed by atoms with Crippen LogP contribution in [0.5, 0.6) is 0 Å². The Morgan fingerprint density at radius 2 is 2.30 bits per heavy atom. The minimum absolute atomic E-state index is 0.0796. The van der Waals surface area contributed by atoms with E-state index in [0.717, 1.165) is 25.1 Å². The lowest BCUT2D eigenvalue weighted by Crippen LogP contribution is -2.30. The zero-order valence-electron chi connectivity index (χ0n) is 10.7. The largest absolute Gasteiger partial charge is 0.348 e. The SMILES string of the molecule is O=C(NCC1=CCNCC1)c1c(Cl)cccc1[N+](=O)[O-]. The molecule has 1 amide bonds. The number of amides is 1. The standard InChI is InChI=1S/C13H14ClN3O3/c14-10-2-1-3-11(17(19)20)12(10)13(18)16-8-9-4-6-15-7-5-9/h1-4,15H,5-8H2,(H,16,18). The molecule has 20 heavy (non-hydrogen) atoms. The van der Waals surface area contributed by atoms with Gasteiger partial charge in [0, 0.05) is 19.2 Å². The minimum Gasteiger partial charge on any atom is -0.348 e. The van der Waals surface area contributed by atoms with E-state index in [1.807, 2.05) is 6.08 Å². The number of halogens is 1. The van der Waals surface area contributed by atoms with Crippen molar-refractivity contribution in [3.8, 4) is 0 Å². The van der Waals surface area contributed by atoms with Crippen molar-refractivity contribution in [2.45, 2.75) is 6.42 Å². The highest BCUT2D eigenvalue weighted by Gasteiger charge is 2.23. The summed E-state index contributed by atoms with van der Waals surface area (Å²) < 4.78 is 0. The molecule has 6 nitrogen and oxygen atoms in total. The van der Waals surface area contributed by atoms with Crippen LogP contribution in [-0.4, -0.2) is 30.5 Å². The Labute approximate surface area is 121 Å². The number of benzene rings is 1. The average Bonchev–Trinajstić information content (AvgIpc) is 2.45. The van der Waals surface area contributed by atoms with Gasteiger partial charge in [0.25, 0.3) is 11.6 Å². The summed E-state index contributed by atoms with van der Waals surface area (Å²) in [4.78, 5) is 22.4. The lowest BCUT2D eigenvalue weighted by atomic mass is 10.1. The van der Waals surface area contributed by atoms with Crippen molar-refractivity contribution in [2.24, 2.45) is 0 Å². The van der Waals surface area contributed by atoms with E-state index in [-0.39, 0.29) is 16.3 Å². The summed E-state index contributed by atoms with van der Waals surface area (Å²) in [7, 11) is 0. The molecule has 1 aliphatic heterocycles. The smallest absolute Gasteiger partial charge is 0.283 e. The zero-order valence-corrected chi connectivity index (χ0v) is 11.4. The van der Waals surface area contributed by atoms with Crippen LogP contribution < -0.4 is 10.6 Å². The summed E-state index contributed by atoms with van der Waals surface area (Å²) in [6.45, 7) is 2.02. The average molecular weight is 296 g/mol. The Morgan fingerprint density at radius 3 is 2.95 bits per heavy atom. The van der Waals surface area contributed by atoms with Crippen molar-refractivity contribution < 1.29 is 9.72 Å². The van der Waals surface area contributed by atoms with Gasteiger partial charge in [0.1, 0.15) is 5.56 Å². The molecule has 0 radical (unpaired) electrons. The van der Waals surface area contributed by atoms with E-state index in [4.69, 9.17) is 11.6 Å². The number of rotatable bonds is 4. The van der Waals surface area contributed by atoms with Gasteiger partial charge < -0.3 is 10.6 Å². The van der Waals surface area contributed by atoms with E-state index < -0.39 is 10.8 Å². The number of nitrogens with zero attached hydrogens (tertiary/aromatic N) is 1. The maximum Gasteiger partial charge on any atom is 0.283 e. The van der Waals surface area contributed by atoms with Gasteiger partial charge in [-0.15, -0.1) is 0 Å². The van der Waals surface area contributed by atoms with Gasteiger partial charge >= 0.3 is 0 Å². The lowest BCUT2D eigenvalue weighted by Gasteiger charge is -2.14. The van der Waals surface area contributed by atoms with E-state index in [1.165, 1.54) is 18.2 Å². The van der Waals surface area contributed by atoms with Crippen molar-refractivity contribution in [3.63, 3.8) is 0 Å². The first-order valence-corrected chi connectivity index (χ1v) is 6.57. The van der Waals surface area contributed by atoms with Gasteiger partial charge in [-0.05, 0) is 19.0 Å². The normalized spacial score (nSPS) is 14.6. The summed E-state index contributed by atoms with van der Waals surface area (Å²) in [5, 5.41) is 16.9. The molecule has 0 spiro atoms. The van der Waals surface area contributed by atoms with Crippen LogP contribution in [0.3, 0.4) is 0 Å². The third kappa shape index (κ3) is 3.34. The number of nitrogens with one attached hydrogen (secondary N) is 2. The van der Waals surface area contributed by atoms with E-state index in [2.05, 4.69) is 10.6 Å². The van der Waals surface area contributed by atoms with Crippen LogP contribution in [0.4, 0.5) is 5.69 Å². The molecule has 0 saturated carbocycles. The molecule has 1 aromatic carbocycles. The molecule has 1 heterocycles. The van der Waals surface area contributed by atoms with Gasteiger partial charge in [0.2, 0.25) is 0 Å². The van der Waals surface area contributed by atoms with Crippen LogP contribution in [0.1, 0.15) is 16.8 Å². The number of hydrogen-bond acceptors (Lipinski definition) is 4. The summed E-state index contributed by atoms with van der Waals surface area (Å²) in [6, 6.07) is 4.18. The second-order valence-corrected chi connectivity index (χ2v) is 4.80. The second kappa shape index (κ2) is 6.49. The summed E-state index contributed by atoms with van der Waals surface area (Å²) in [6.07, 6.45) is 2.86. The fourth-order valence-corrected chi connectivity index (χ4v) is 2.26. The Kier molecular flexibility index (Phi) is 4.70. The van der Waals surface area contributed by atoms with Crippen molar-refractivity contribution in [1.82, 2.24) is 10.6 Å². The maximum absolute atomic E-state index is 12.1. The molecule has 7 heteroatoms. The predicted octanol–water partition coefficient (Wildman–Crippen LogP) is 1.90. The molecule has 2 N–H and O–H groups in total. The van der Waals surface area contributed by atoms with Gasteiger partial charge in [-0.2, -0.15) is 0 Å². The molecule has 0 aliphatic carbocycles.